The normalized spacial score (nSPS) is 11.5. The maximum Gasteiger partial charge on any atom is 0.338 e. The second kappa shape index (κ2) is 7.55. The monoisotopic (exact) mass is 409 g/mol. The Kier molecular flexibility index (Phi) is 5.36. The molecule has 0 saturated carbocycles. The Labute approximate surface area is 160 Å². The third-order valence-corrected chi connectivity index (χ3v) is 5.43. The van der Waals surface area contributed by atoms with Crippen LogP contribution in [0.1, 0.15) is 16.1 Å². The number of rotatable bonds is 6. The number of carbonyl (C=O) groups is 1. The molecule has 3 aromatic rings. The number of nitrogens with one attached hydrogen (secondary N) is 1. The molecule has 10 heteroatoms. The number of hydrogen-bond donors (Lipinski definition) is 1. The highest BCUT2D eigenvalue weighted by molar-refractivity contribution is 7.89. The Morgan fingerprint density at radius 2 is 2.04 bits per heavy atom. The van der Waals surface area contributed by atoms with E-state index in [1.165, 1.54) is 32.4 Å². The van der Waals surface area contributed by atoms with Crippen LogP contribution in [0.5, 0.6) is 5.75 Å². The molecule has 3 rings (SSSR count). The van der Waals surface area contributed by atoms with Gasteiger partial charge in [0.15, 0.2) is 0 Å². The van der Waals surface area contributed by atoms with E-state index in [-0.39, 0.29) is 22.8 Å². The summed E-state index contributed by atoms with van der Waals surface area (Å²) in [5.41, 5.74) is 1.27. The van der Waals surface area contributed by atoms with Crippen molar-refractivity contribution in [2.45, 2.75) is 11.5 Å². The fraction of sp³-hybridized carbons (Fsp3) is 0.176. The molecule has 0 aliphatic carbocycles. The van der Waals surface area contributed by atoms with Crippen molar-refractivity contribution >= 4 is 33.2 Å². The van der Waals surface area contributed by atoms with Gasteiger partial charge in [0.1, 0.15) is 22.9 Å². The number of pyridine rings is 1. The van der Waals surface area contributed by atoms with Gasteiger partial charge in [0.05, 0.1) is 23.4 Å². The van der Waals surface area contributed by atoms with E-state index in [2.05, 4.69) is 9.71 Å². The van der Waals surface area contributed by atoms with Crippen molar-refractivity contribution in [3.8, 4) is 5.75 Å². The first-order valence-electron chi connectivity index (χ1n) is 7.76. The van der Waals surface area contributed by atoms with Crippen LogP contribution in [0, 0.1) is 0 Å². The lowest BCUT2D eigenvalue weighted by atomic mass is 10.2. The van der Waals surface area contributed by atoms with Crippen molar-refractivity contribution in [3.05, 3.63) is 59.0 Å². The Morgan fingerprint density at radius 1 is 1.26 bits per heavy atom. The van der Waals surface area contributed by atoms with E-state index >= 15 is 0 Å². The van der Waals surface area contributed by atoms with Crippen LogP contribution in [0.3, 0.4) is 0 Å². The summed E-state index contributed by atoms with van der Waals surface area (Å²) in [6.45, 7) is -0.0712. The first-order chi connectivity index (χ1) is 12.8. The number of methoxy groups -OCH3 is 1. The standard InChI is InChI=1S/C17H16ClN3O5S/c1-19-27(23,24)15-7-11(3-5-14(15)25-2)17(22)26-10-13-9-21-8-12(18)4-6-16(21)20-13/h3-9,19H,10H2,1-2H3. The Morgan fingerprint density at radius 3 is 2.74 bits per heavy atom. The molecule has 2 aromatic heterocycles. The van der Waals surface area contributed by atoms with E-state index in [9.17, 15) is 13.2 Å². The van der Waals surface area contributed by atoms with Gasteiger partial charge in [-0.05, 0) is 37.4 Å². The summed E-state index contributed by atoms with van der Waals surface area (Å²) in [6, 6.07) is 7.48. The molecule has 142 valence electrons. The maximum atomic E-state index is 12.3. The molecule has 0 aliphatic rings. The van der Waals surface area contributed by atoms with Gasteiger partial charge >= 0.3 is 5.97 Å². The minimum Gasteiger partial charge on any atom is -0.495 e. The van der Waals surface area contributed by atoms with E-state index in [1.807, 2.05) is 0 Å². The van der Waals surface area contributed by atoms with E-state index in [1.54, 1.807) is 28.9 Å². The van der Waals surface area contributed by atoms with Gasteiger partial charge in [-0.15, -0.1) is 0 Å². The summed E-state index contributed by atoms with van der Waals surface area (Å²) in [4.78, 5) is 16.5. The van der Waals surface area contributed by atoms with Crippen LogP contribution in [0.15, 0.2) is 47.6 Å². The minimum atomic E-state index is -3.80. The molecular formula is C17H16ClN3O5S. The number of esters is 1. The van der Waals surface area contributed by atoms with E-state index < -0.39 is 16.0 Å². The second-order valence-corrected chi connectivity index (χ2v) is 7.79. The maximum absolute atomic E-state index is 12.3. The molecule has 0 bridgehead atoms. The number of halogens is 1. The summed E-state index contributed by atoms with van der Waals surface area (Å²) in [5, 5.41) is 0.556. The highest BCUT2D eigenvalue weighted by Gasteiger charge is 2.21. The van der Waals surface area contributed by atoms with Crippen LogP contribution >= 0.6 is 11.6 Å². The smallest absolute Gasteiger partial charge is 0.338 e. The van der Waals surface area contributed by atoms with Crippen LogP contribution in [0.4, 0.5) is 0 Å². The van der Waals surface area contributed by atoms with Crippen molar-refractivity contribution in [3.63, 3.8) is 0 Å². The topological polar surface area (TPSA) is 99.0 Å². The number of hydrogen-bond acceptors (Lipinski definition) is 6. The van der Waals surface area contributed by atoms with Crippen LogP contribution in [0.25, 0.3) is 5.65 Å². The van der Waals surface area contributed by atoms with E-state index in [4.69, 9.17) is 21.1 Å². The predicted molar refractivity (Wildman–Crippen MR) is 98.6 cm³/mol. The lowest BCUT2D eigenvalue weighted by Crippen LogP contribution is -2.20. The van der Waals surface area contributed by atoms with Crippen molar-refractivity contribution in [2.75, 3.05) is 14.2 Å². The van der Waals surface area contributed by atoms with Crippen molar-refractivity contribution < 1.29 is 22.7 Å². The van der Waals surface area contributed by atoms with Gasteiger partial charge in [-0.3, -0.25) is 0 Å². The number of fused-ring (bicyclic) bond motifs is 1. The average molecular weight is 410 g/mol. The number of carbonyl (C=O) groups excluding carboxylic acids is 1. The third-order valence-electron chi connectivity index (χ3n) is 3.77. The second-order valence-electron chi connectivity index (χ2n) is 5.49. The van der Waals surface area contributed by atoms with Gasteiger partial charge in [-0.2, -0.15) is 0 Å². The fourth-order valence-corrected chi connectivity index (χ4v) is 3.52. The van der Waals surface area contributed by atoms with Crippen LogP contribution in [0.2, 0.25) is 5.02 Å². The first-order valence-corrected chi connectivity index (χ1v) is 9.62. The fourth-order valence-electron chi connectivity index (χ4n) is 2.43. The molecule has 0 saturated heterocycles. The van der Waals surface area contributed by atoms with Gasteiger partial charge in [0.25, 0.3) is 0 Å². The number of imidazole rings is 1. The van der Waals surface area contributed by atoms with Gasteiger partial charge in [-0.25, -0.2) is 22.9 Å². The third kappa shape index (κ3) is 4.05. The molecule has 0 spiro atoms. The largest absolute Gasteiger partial charge is 0.495 e. The molecule has 0 fully saturated rings. The molecule has 0 unspecified atom stereocenters. The predicted octanol–water partition coefficient (Wildman–Crippen LogP) is 2.26. The number of sulfonamides is 1. The first kappa shape index (κ1) is 19.2. The summed E-state index contributed by atoms with van der Waals surface area (Å²) >= 11 is 5.93. The quantitative estimate of drug-likeness (QED) is 0.627. The zero-order valence-electron chi connectivity index (χ0n) is 14.5. The number of benzene rings is 1. The van der Waals surface area contributed by atoms with Gasteiger partial charge in [0, 0.05) is 12.4 Å². The molecule has 1 aromatic carbocycles. The van der Waals surface area contributed by atoms with Crippen LogP contribution in [-0.2, 0) is 21.4 Å². The van der Waals surface area contributed by atoms with Crippen molar-refractivity contribution in [1.29, 1.82) is 0 Å². The van der Waals surface area contributed by atoms with Gasteiger partial charge in [-0.1, -0.05) is 11.6 Å². The van der Waals surface area contributed by atoms with Crippen molar-refractivity contribution in [2.24, 2.45) is 0 Å². The van der Waals surface area contributed by atoms with E-state index in [0.717, 1.165) is 0 Å². The van der Waals surface area contributed by atoms with Gasteiger partial charge in [0.2, 0.25) is 10.0 Å². The number of nitrogens with zero attached hydrogens (tertiary/aromatic N) is 2. The molecule has 2 heterocycles. The SMILES string of the molecule is CNS(=O)(=O)c1cc(C(=O)OCc2cn3cc(Cl)ccc3n2)ccc1OC. The van der Waals surface area contributed by atoms with E-state index in [0.29, 0.717) is 16.4 Å². The van der Waals surface area contributed by atoms with Crippen LogP contribution in [-0.4, -0.2) is 37.9 Å². The Balaban J connectivity index is 1.80. The zero-order valence-corrected chi connectivity index (χ0v) is 16.0. The van der Waals surface area contributed by atoms with Crippen LogP contribution < -0.4 is 9.46 Å². The Bertz CT molecular complexity index is 1110. The summed E-state index contributed by atoms with van der Waals surface area (Å²) in [5.74, 6) is -0.557. The lowest BCUT2D eigenvalue weighted by molar-refractivity contribution is 0.0468. The summed E-state index contributed by atoms with van der Waals surface area (Å²) in [6.07, 6.45) is 3.38. The molecular weight excluding hydrogens is 394 g/mol. The lowest BCUT2D eigenvalue weighted by Gasteiger charge is -2.10. The summed E-state index contributed by atoms with van der Waals surface area (Å²) < 4.78 is 38.4. The number of ether oxygens (including phenoxy) is 2. The molecule has 0 atom stereocenters. The zero-order chi connectivity index (χ0) is 19.6. The molecule has 1 N–H and O–H groups in total. The molecule has 0 radical (unpaired) electrons. The highest BCUT2D eigenvalue weighted by Crippen LogP contribution is 2.25. The summed E-state index contributed by atoms with van der Waals surface area (Å²) in [7, 11) is -1.18. The Hall–Kier alpha value is -2.62. The minimum absolute atomic E-state index is 0.0712. The molecule has 0 amide bonds. The van der Waals surface area contributed by atoms with Crippen molar-refractivity contribution in [1.82, 2.24) is 14.1 Å². The number of aromatic nitrogens is 2. The van der Waals surface area contributed by atoms with Gasteiger partial charge < -0.3 is 13.9 Å². The molecule has 27 heavy (non-hydrogen) atoms. The molecule has 8 nitrogen and oxygen atoms in total. The average Bonchev–Trinajstić information content (AvgIpc) is 3.07. The molecule has 0 aliphatic heterocycles. The highest BCUT2D eigenvalue weighted by atomic mass is 35.5.